The van der Waals surface area contributed by atoms with Crippen LogP contribution in [0.2, 0.25) is 0 Å². The predicted molar refractivity (Wildman–Crippen MR) is 87.9 cm³/mol. The van der Waals surface area contributed by atoms with E-state index in [9.17, 15) is 19.5 Å². The van der Waals surface area contributed by atoms with Crippen molar-refractivity contribution in [1.29, 1.82) is 0 Å². The highest BCUT2D eigenvalue weighted by Crippen LogP contribution is 2.25. The molecule has 0 bridgehead atoms. The third kappa shape index (κ3) is 2.94. The molecule has 0 radical (unpaired) electrons. The minimum atomic E-state index is -0.347. The first-order valence-electron chi connectivity index (χ1n) is 8.50. The number of amides is 3. The minimum Gasteiger partial charge on any atom is -0.393 e. The number of hydrogen-bond donors (Lipinski definition) is 1. The topological polar surface area (TPSA) is 77.9 Å². The zero-order valence-electron chi connectivity index (χ0n) is 13.8. The number of fused-ring (bicyclic) bond motifs is 1. The van der Waals surface area contributed by atoms with E-state index in [0.717, 1.165) is 12.8 Å². The molecule has 24 heavy (non-hydrogen) atoms. The Bertz CT molecular complexity index is 678. The van der Waals surface area contributed by atoms with Gasteiger partial charge in [0.2, 0.25) is 0 Å². The SMILES string of the molecule is CCCCN1C(=O)c2ccc(C(=O)N3CCC(O)CC3)cc2C1=O. The highest BCUT2D eigenvalue weighted by atomic mass is 16.3. The van der Waals surface area contributed by atoms with Gasteiger partial charge in [0.1, 0.15) is 0 Å². The van der Waals surface area contributed by atoms with E-state index in [1.807, 2.05) is 6.92 Å². The Hall–Kier alpha value is -2.21. The number of nitrogens with zero attached hydrogens (tertiary/aromatic N) is 2. The molecule has 0 aromatic heterocycles. The molecular formula is C18H22N2O4. The number of likely N-dealkylation sites (tertiary alicyclic amines) is 1. The van der Waals surface area contributed by atoms with Crippen molar-refractivity contribution in [2.45, 2.75) is 38.7 Å². The first-order valence-corrected chi connectivity index (χ1v) is 8.50. The van der Waals surface area contributed by atoms with Gasteiger partial charge in [0.15, 0.2) is 0 Å². The van der Waals surface area contributed by atoms with Gasteiger partial charge >= 0.3 is 0 Å². The molecule has 6 heteroatoms. The van der Waals surface area contributed by atoms with Crippen LogP contribution >= 0.6 is 0 Å². The van der Waals surface area contributed by atoms with Crippen LogP contribution in [-0.4, -0.2) is 58.4 Å². The molecular weight excluding hydrogens is 308 g/mol. The molecule has 1 saturated heterocycles. The average Bonchev–Trinajstić information content (AvgIpc) is 2.83. The molecule has 128 valence electrons. The summed E-state index contributed by atoms with van der Waals surface area (Å²) in [6, 6.07) is 4.73. The number of unbranched alkanes of at least 4 members (excludes halogenated alkanes) is 1. The molecule has 0 aliphatic carbocycles. The van der Waals surface area contributed by atoms with Crippen LogP contribution in [0.5, 0.6) is 0 Å². The first kappa shape index (κ1) is 16.6. The van der Waals surface area contributed by atoms with Crippen molar-refractivity contribution in [3.05, 3.63) is 34.9 Å². The quantitative estimate of drug-likeness (QED) is 0.852. The van der Waals surface area contributed by atoms with Gasteiger partial charge in [-0.1, -0.05) is 13.3 Å². The largest absolute Gasteiger partial charge is 0.393 e. The van der Waals surface area contributed by atoms with Crippen LogP contribution in [0.25, 0.3) is 0 Å². The fourth-order valence-corrected chi connectivity index (χ4v) is 3.19. The molecule has 0 saturated carbocycles. The minimum absolute atomic E-state index is 0.156. The monoisotopic (exact) mass is 330 g/mol. The van der Waals surface area contributed by atoms with Crippen molar-refractivity contribution in [3.63, 3.8) is 0 Å². The van der Waals surface area contributed by atoms with Crippen molar-refractivity contribution < 1.29 is 19.5 Å². The van der Waals surface area contributed by atoms with E-state index in [1.165, 1.54) is 11.0 Å². The summed E-state index contributed by atoms with van der Waals surface area (Å²) >= 11 is 0. The van der Waals surface area contributed by atoms with Crippen molar-refractivity contribution in [2.24, 2.45) is 0 Å². The molecule has 2 aliphatic heterocycles. The smallest absolute Gasteiger partial charge is 0.261 e. The van der Waals surface area contributed by atoms with E-state index in [0.29, 0.717) is 49.2 Å². The van der Waals surface area contributed by atoms with Gasteiger partial charge < -0.3 is 10.0 Å². The average molecular weight is 330 g/mol. The van der Waals surface area contributed by atoms with Crippen LogP contribution in [0, 0.1) is 0 Å². The molecule has 2 heterocycles. The van der Waals surface area contributed by atoms with E-state index in [1.54, 1.807) is 17.0 Å². The van der Waals surface area contributed by atoms with E-state index in [4.69, 9.17) is 0 Å². The first-order chi connectivity index (χ1) is 11.5. The van der Waals surface area contributed by atoms with Gasteiger partial charge in [-0.25, -0.2) is 0 Å². The highest BCUT2D eigenvalue weighted by molar-refractivity contribution is 6.22. The van der Waals surface area contributed by atoms with Crippen LogP contribution in [0.4, 0.5) is 0 Å². The predicted octanol–water partition coefficient (Wildman–Crippen LogP) is 1.68. The zero-order chi connectivity index (χ0) is 17.3. The summed E-state index contributed by atoms with van der Waals surface area (Å²) in [5.41, 5.74) is 1.12. The number of aliphatic hydroxyl groups excluding tert-OH is 1. The summed E-state index contributed by atoms with van der Waals surface area (Å²) in [5.74, 6) is -0.743. The Balaban J connectivity index is 1.80. The lowest BCUT2D eigenvalue weighted by Crippen LogP contribution is -2.40. The number of carbonyl (C=O) groups excluding carboxylic acids is 3. The molecule has 1 aromatic rings. The van der Waals surface area contributed by atoms with Gasteiger partial charge in [0.05, 0.1) is 17.2 Å². The summed E-state index contributed by atoms with van der Waals surface area (Å²) in [4.78, 5) is 40.3. The Morgan fingerprint density at radius 2 is 1.83 bits per heavy atom. The van der Waals surface area contributed by atoms with Crippen molar-refractivity contribution in [1.82, 2.24) is 9.80 Å². The van der Waals surface area contributed by atoms with Gasteiger partial charge in [-0.05, 0) is 37.5 Å². The maximum Gasteiger partial charge on any atom is 0.261 e. The Morgan fingerprint density at radius 3 is 2.50 bits per heavy atom. The Kier molecular flexibility index (Phi) is 4.66. The second kappa shape index (κ2) is 6.73. The molecule has 3 amide bonds. The molecule has 1 aromatic carbocycles. The van der Waals surface area contributed by atoms with Crippen LogP contribution in [-0.2, 0) is 0 Å². The van der Waals surface area contributed by atoms with Crippen LogP contribution in [0.15, 0.2) is 18.2 Å². The third-order valence-electron chi connectivity index (χ3n) is 4.70. The fourth-order valence-electron chi connectivity index (χ4n) is 3.19. The summed E-state index contributed by atoms with van der Waals surface area (Å²) in [6.45, 7) is 3.43. The second-order valence-electron chi connectivity index (χ2n) is 6.40. The highest BCUT2D eigenvalue weighted by Gasteiger charge is 2.36. The van der Waals surface area contributed by atoms with E-state index >= 15 is 0 Å². The van der Waals surface area contributed by atoms with Crippen LogP contribution in [0.1, 0.15) is 63.7 Å². The summed E-state index contributed by atoms with van der Waals surface area (Å²) in [5, 5.41) is 9.54. The summed E-state index contributed by atoms with van der Waals surface area (Å²) in [7, 11) is 0. The van der Waals surface area contributed by atoms with Gasteiger partial charge in [0, 0.05) is 25.2 Å². The molecule has 0 unspecified atom stereocenters. The maximum absolute atomic E-state index is 12.6. The number of benzene rings is 1. The number of piperidine rings is 1. The Morgan fingerprint density at radius 1 is 1.17 bits per heavy atom. The summed E-state index contributed by atoms with van der Waals surface area (Å²) in [6.07, 6.45) is 2.46. The van der Waals surface area contributed by atoms with E-state index < -0.39 is 0 Å². The molecule has 2 aliphatic rings. The zero-order valence-corrected chi connectivity index (χ0v) is 13.8. The van der Waals surface area contributed by atoms with Gasteiger partial charge in [-0.2, -0.15) is 0 Å². The fraction of sp³-hybridized carbons (Fsp3) is 0.500. The number of carbonyl (C=O) groups is 3. The van der Waals surface area contributed by atoms with Gasteiger partial charge in [-0.3, -0.25) is 19.3 Å². The maximum atomic E-state index is 12.6. The number of imide groups is 1. The van der Waals surface area contributed by atoms with Crippen molar-refractivity contribution in [3.8, 4) is 0 Å². The van der Waals surface area contributed by atoms with Crippen LogP contribution in [0.3, 0.4) is 0 Å². The lowest BCUT2D eigenvalue weighted by molar-refractivity contribution is 0.0545. The number of aliphatic hydroxyl groups is 1. The molecule has 0 atom stereocenters. The standard InChI is InChI=1S/C18H22N2O4/c1-2-3-8-20-17(23)14-5-4-12(11-15(14)18(20)24)16(22)19-9-6-13(21)7-10-19/h4-5,11,13,21H,2-3,6-10H2,1H3. The van der Waals surface area contributed by atoms with Crippen LogP contribution < -0.4 is 0 Å². The third-order valence-corrected chi connectivity index (χ3v) is 4.70. The van der Waals surface area contributed by atoms with Gasteiger partial charge in [-0.15, -0.1) is 0 Å². The molecule has 0 spiro atoms. The van der Waals surface area contributed by atoms with E-state index in [2.05, 4.69) is 0 Å². The molecule has 1 fully saturated rings. The van der Waals surface area contributed by atoms with Crippen molar-refractivity contribution >= 4 is 17.7 Å². The second-order valence-corrected chi connectivity index (χ2v) is 6.40. The normalized spacial score (nSPS) is 18.2. The summed E-state index contributed by atoms with van der Waals surface area (Å²) < 4.78 is 0. The molecule has 3 rings (SSSR count). The number of hydrogen-bond acceptors (Lipinski definition) is 4. The lowest BCUT2D eigenvalue weighted by Gasteiger charge is -2.29. The van der Waals surface area contributed by atoms with E-state index in [-0.39, 0.29) is 23.8 Å². The molecule has 6 nitrogen and oxygen atoms in total. The molecule has 1 N–H and O–H groups in total. The Labute approximate surface area is 141 Å². The number of rotatable bonds is 4. The van der Waals surface area contributed by atoms with Gasteiger partial charge in [0.25, 0.3) is 17.7 Å². The lowest BCUT2D eigenvalue weighted by atomic mass is 10.0. The van der Waals surface area contributed by atoms with Crippen molar-refractivity contribution in [2.75, 3.05) is 19.6 Å².